The van der Waals surface area contributed by atoms with Gasteiger partial charge in [-0.05, 0) is 55.6 Å². The summed E-state index contributed by atoms with van der Waals surface area (Å²) in [5.74, 6) is 0.622. The lowest BCUT2D eigenvalue weighted by atomic mass is 9.62. The monoisotopic (exact) mass is 286 g/mol. The largest absolute Gasteiger partial charge is 0.385 e. The van der Waals surface area contributed by atoms with E-state index in [1.165, 1.54) is 0 Å². The fraction of sp³-hybridized carbons (Fsp3) is 0.667. The van der Waals surface area contributed by atoms with Gasteiger partial charge in [-0.3, -0.25) is 4.98 Å². The first kappa shape index (κ1) is 16.0. The Kier molecular flexibility index (Phi) is 4.39. The molecule has 21 heavy (non-hydrogen) atoms. The molecule has 1 aliphatic carbocycles. The lowest BCUT2D eigenvalue weighted by Crippen LogP contribution is -2.36. The van der Waals surface area contributed by atoms with Gasteiger partial charge in [0.1, 0.15) is 6.10 Å². The topological polar surface area (TPSA) is 56.9 Å². The molecule has 3 nitrogen and oxygen atoms in total. The molecule has 1 N–H and O–H groups in total. The maximum absolute atomic E-state index is 10.7. The van der Waals surface area contributed by atoms with E-state index in [0.29, 0.717) is 11.6 Å². The Hall–Kier alpha value is -1.40. The lowest BCUT2D eigenvalue weighted by Gasteiger charge is -2.42. The summed E-state index contributed by atoms with van der Waals surface area (Å²) in [6.45, 7) is 8.75. The van der Waals surface area contributed by atoms with E-state index < -0.39 is 11.5 Å². The van der Waals surface area contributed by atoms with Crippen molar-refractivity contribution in [1.82, 2.24) is 4.98 Å². The minimum absolute atomic E-state index is 0.272. The third-order valence-electron chi connectivity index (χ3n) is 5.06. The number of aromatic nitrogens is 1. The first-order chi connectivity index (χ1) is 9.78. The van der Waals surface area contributed by atoms with Gasteiger partial charge in [-0.2, -0.15) is 5.26 Å². The molecular weight excluding hydrogens is 260 g/mol. The molecule has 1 fully saturated rings. The van der Waals surface area contributed by atoms with Crippen LogP contribution in [0.5, 0.6) is 0 Å². The Labute approximate surface area is 128 Å². The first-order valence-corrected chi connectivity index (χ1v) is 7.80. The van der Waals surface area contributed by atoms with Gasteiger partial charge in [0.15, 0.2) is 0 Å². The summed E-state index contributed by atoms with van der Waals surface area (Å²) in [5.41, 5.74) is 1.28. The third kappa shape index (κ3) is 3.27. The highest BCUT2D eigenvalue weighted by Crippen LogP contribution is 2.50. The van der Waals surface area contributed by atoms with Crippen molar-refractivity contribution < 1.29 is 5.11 Å². The van der Waals surface area contributed by atoms with Crippen LogP contribution < -0.4 is 0 Å². The third-order valence-corrected chi connectivity index (χ3v) is 5.06. The summed E-state index contributed by atoms with van der Waals surface area (Å²) in [7, 11) is 0. The first-order valence-electron chi connectivity index (χ1n) is 7.80. The molecule has 1 unspecified atom stereocenters. The molecule has 1 atom stereocenters. The normalized spacial score (nSPS) is 27.9. The fourth-order valence-corrected chi connectivity index (χ4v) is 3.37. The summed E-state index contributed by atoms with van der Waals surface area (Å²) in [6.07, 6.45) is 4.47. The van der Waals surface area contributed by atoms with Gasteiger partial charge < -0.3 is 5.11 Å². The Morgan fingerprint density at radius 1 is 1.33 bits per heavy atom. The molecule has 3 heteroatoms. The highest BCUT2D eigenvalue weighted by molar-refractivity contribution is 5.20. The summed E-state index contributed by atoms with van der Waals surface area (Å²) in [6, 6.07) is 6.20. The molecule has 0 aromatic carbocycles. The summed E-state index contributed by atoms with van der Waals surface area (Å²) in [4.78, 5) is 4.31. The highest BCUT2D eigenvalue weighted by Gasteiger charge is 2.44. The minimum atomic E-state index is -0.788. The molecule has 1 heterocycles. The molecular formula is C18H26N2O. The quantitative estimate of drug-likeness (QED) is 0.887. The predicted octanol–water partition coefficient (Wildman–Crippen LogP) is 4.17. The molecule has 1 saturated carbocycles. The zero-order valence-electron chi connectivity index (χ0n) is 13.6. The van der Waals surface area contributed by atoms with Gasteiger partial charge in [-0.25, -0.2) is 0 Å². The van der Waals surface area contributed by atoms with Crippen LogP contribution in [-0.2, 0) is 0 Å². The molecule has 0 spiro atoms. The number of aryl methyl sites for hydroxylation is 1. The molecule has 0 amide bonds. The van der Waals surface area contributed by atoms with Crippen molar-refractivity contribution in [2.75, 3.05) is 0 Å². The number of aliphatic hydroxyl groups excluding tert-OH is 1. The maximum Gasteiger partial charge on any atom is 0.114 e. The molecule has 114 valence electrons. The van der Waals surface area contributed by atoms with E-state index in [1.54, 1.807) is 6.20 Å². The van der Waals surface area contributed by atoms with E-state index in [-0.39, 0.29) is 5.41 Å². The average molecular weight is 286 g/mol. The van der Waals surface area contributed by atoms with Gasteiger partial charge in [0.2, 0.25) is 0 Å². The molecule has 0 bridgehead atoms. The molecule has 1 aliphatic rings. The van der Waals surface area contributed by atoms with Crippen LogP contribution in [0.3, 0.4) is 0 Å². The van der Waals surface area contributed by atoms with E-state index in [9.17, 15) is 10.4 Å². The van der Waals surface area contributed by atoms with Crippen molar-refractivity contribution in [3.63, 3.8) is 0 Å². The average Bonchev–Trinajstić information content (AvgIpc) is 2.46. The lowest BCUT2D eigenvalue weighted by molar-refractivity contribution is 0.00597. The number of hydrogen-bond acceptors (Lipinski definition) is 3. The van der Waals surface area contributed by atoms with Gasteiger partial charge >= 0.3 is 0 Å². The maximum atomic E-state index is 10.7. The smallest absolute Gasteiger partial charge is 0.114 e. The fourth-order valence-electron chi connectivity index (χ4n) is 3.37. The summed E-state index contributed by atoms with van der Waals surface area (Å²) in [5, 5.41) is 20.4. The Balaban J connectivity index is 2.17. The van der Waals surface area contributed by atoms with E-state index in [2.05, 4.69) is 31.8 Å². The van der Waals surface area contributed by atoms with Gasteiger partial charge in [-0.1, -0.05) is 26.8 Å². The Morgan fingerprint density at radius 2 is 1.95 bits per heavy atom. The van der Waals surface area contributed by atoms with E-state index >= 15 is 0 Å². The number of aliphatic hydroxyl groups is 1. The molecule has 1 aromatic heterocycles. The number of pyridine rings is 1. The molecule has 2 rings (SSSR count). The molecule has 0 radical (unpaired) electrons. The van der Waals surface area contributed by atoms with Gasteiger partial charge in [0.05, 0.1) is 17.2 Å². The van der Waals surface area contributed by atoms with Crippen LogP contribution in [0.15, 0.2) is 18.3 Å². The summed E-state index contributed by atoms with van der Waals surface area (Å²) < 4.78 is 0. The predicted molar refractivity (Wildman–Crippen MR) is 83.4 cm³/mol. The van der Waals surface area contributed by atoms with Crippen molar-refractivity contribution in [2.24, 2.45) is 16.7 Å². The van der Waals surface area contributed by atoms with Gasteiger partial charge in [0, 0.05) is 6.20 Å². The van der Waals surface area contributed by atoms with Crippen molar-refractivity contribution >= 4 is 0 Å². The molecule has 0 saturated heterocycles. The SMILES string of the molecule is Cc1ccc(C(O)C2(C#N)CCC(C(C)(C)C)CC2)nc1. The van der Waals surface area contributed by atoms with Crippen LogP contribution in [0.1, 0.15) is 63.8 Å². The Bertz CT molecular complexity index is 514. The van der Waals surface area contributed by atoms with Gasteiger partial charge in [0.25, 0.3) is 0 Å². The zero-order chi connectivity index (χ0) is 15.7. The van der Waals surface area contributed by atoms with Crippen molar-refractivity contribution in [2.45, 2.75) is 59.5 Å². The molecule has 1 aromatic rings. The van der Waals surface area contributed by atoms with Gasteiger partial charge in [-0.15, -0.1) is 0 Å². The van der Waals surface area contributed by atoms with Crippen molar-refractivity contribution in [1.29, 1.82) is 5.26 Å². The van der Waals surface area contributed by atoms with Crippen LogP contribution in [0.4, 0.5) is 0 Å². The van der Waals surface area contributed by atoms with E-state index in [4.69, 9.17) is 0 Å². The second-order valence-corrected chi connectivity index (χ2v) is 7.57. The van der Waals surface area contributed by atoms with Crippen LogP contribution in [0.25, 0.3) is 0 Å². The second kappa shape index (κ2) is 5.77. The number of nitrogens with zero attached hydrogens (tertiary/aromatic N) is 2. The minimum Gasteiger partial charge on any atom is -0.385 e. The summed E-state index contributed by atoms with van der Waals surface area (Å²) >= 11 is 0. The van der Waals surface area contributed by atoms with Crippen LogP contribution >= 0.6 is 0 Å². The van der Waals surface area contributed by atoms with Crippen molar-refractivity contribution in [3.8, 4) is 6.07 Å². The highest BCUT2D eigenvalue weighted by atomic mass is 16.3. The van der Waals surface area contributed by atoms with Crippen molar-refractivity contribution in [3.05, 3.63) is 29.6 Å². The Morgan fingerprint density at radius 3 is 2.38 bits per heavy atom. The van der Waals surface area contributed by atoms with Crippen LogP contribution in [-0.4, -0.2) is 10.1 Å². The zero-order valence-corrected chi connectivity index (χ0v) is 13.6. The standard InChI is InChI=1S/C18H26N2O/c1-13-5-6-15(20-11-13)16(21)18(12-19)9-7-14(8-10-18)17(2,3)4/h5-6,11,14,16,21H,7-10H2,1-4H3. The number of nitriles is 1. The van der Waals surface area contributed by atoms with E-state index in [0.717, 1.165) is 31.2 Å². The molecule has 0 aliphatic heterocycles. The number of hydrogen-bond donors (Lipinski definition) is 1. The second-order valence-electron chi connectivity index (χ2n) is 7.57. The van der Waals surface area contributed by atoms with Crippen LogP contribution in [0, 0.1) is 35.0 Å². The van der Waals surface area contributed by atoms with Crippen LogP contribution in [0.2, 0.25) is 0 Å². The van der Waals surface area contributed by atoms with E-state index in [1.807, 2.05) is 19.1 Å². The number of rotatable bonds is 2.